The monoisotopic (exact) mass is 237 g/mol. The molecule has 0 spiro atoms. The summed E-state index contributed by atoms with van der Waals surface area (Å²) in [6.45, 7) is 3.94. The highest BCUT2D eigenvalue weighted by Gasteiger charge is 2.65. The summed E-state index contributed by atoms with van der Waals surface area (Å²) in [4.78, 5) is 22.8. The van der Waals surface area contributed by atoms with Gasteiger partial charge < -0.3 is 10.4 Å². The molecule has 1 heterocycles. The molecule has 92 valence electrons. The summed E-state index contributed by atoms with van der Waals surface area (Å²) in [6.07, 6.45) is 1.60. The van der Waals surface area contributed by atoms with Crippen LogP contribution in [-0.2, 0) is 16.1 Å². The van der Waals surface area contributed by atoms with Gasteiger partial charge in [-0.05, 0) is 11.5 Å². The van der Waals surface area contributed by atoms with Gasteiger partial charge in [-0.3, -0.25) is 14.7 Å². The Morgan fingerprint density at radius 1 is 1.53 bits per heavy atom. The van der Waals surface area contributed by atoms with Gasteiger partial charge in [0.1, 0.15) is 0 Å². The van der Waals surface area contributed by atoms with Crippen LogP contribution in [0.3, 0.4) is 0 Å². The van der Waals surface area contributed by atoms with Gasteiger partial charge in [0.2, 0.25) is 5.91 Å². The molecule has 0 radical (unpaired) electrons. The van der Waals surface area contributed by atoms with Crippen molar-refractivity contribution in [1.82, 2.24) is 15.5 Å². The molecule has 0 aliphatic heterocycles. The van der Waals surface area contributed by atoms with E-state index in [4.69, 9.17) is 5.11 Å². The van der Waals surface area contributed by atoms with Crippen LogP contribution in [0.5, 0.6) is 0 Å². The minimum Gasteiger partial charge on any atom is -0.481 e. The van der Waals surface area contributed by atoms with Crippen LogP contribution >= 0.6 is 0 Å². The Hall–Kier alpha value is -1.85. The fourth-order valence-corrected chi connectivity index (χ4v) is 2.26. The first-order valence-corrected chi connectivity index (χ1v) is 5.43. The third kappa shape index (κ3) is 2.02. The molecule has 1 saturated carbocycles. The van der Waals surface area contributed by atoms with Gasteiger partial charge in [-0.15, -0.1) is 0 Å². The van der Waals surface area contributed by atoms with Crippen molar-refractivity contribution < 1.29 is 14.7 Å². The number of hydrogen-bond donors (Lipinski definition) is 3. The van der Waals surface area contributed by atoms with Crippen LogP contribution < -0.4 is 5.32 Å². The number of amides is 1. The second-order valence-electron chi connectivity index (χ2n) is 4.91. The lowest BCUT2D eigenvalue weighted by Crippen LogP contribution is -2.27. The molecule has 1 aliphatic carbocycles. The molecule has 0 aromatic carbocycles. The van der Waals surface area contributed by atoms with Gasteiger partial charge >= 0.3 is 5.97 Å². The number of hydrogen-bond acceptors (Lipinski definition) is 3. The SMILES string of the molecule is CC1(C)C(C(=O)O)C1C(=O)NCc1ccn[nH]1. The van der Waals surface area contributed by atoms with Gasteiger partial charge in [0.25, 0.3) is 0 Å². The van der Waals surface area contributed by atoms with Crippen molar-refractivity contribution in [3.63, 3.8) is 0 Å². The standard InChI is InChI=1S/C11H15N3O3/c1-11(2)7(8(11)10(16)17)9(15)12-5-6-3-4-13-14-6/h3-4,7-8H,5H2,1-2H3,(H,12,15)(H,13,14)(H,16,17). The quantitative estimate of drug-likeness (QED) is 0.705. The molecule has 6 nitrogen and oxygen atoms in total. The Morgan fingerprint density at radius 2 is 2.24 bits per heavy atom. The fourth-order valence-electron chi connectivity index (χ4n) is 2.26. The topological polar surface area (TPSA) is 95.1 Å². The molecule has 2 unspecified atom stereocenters. The van der Waals surface area contributed by atoms with Gasteiger partial charge in [-0.2, -0.15) is 5.10 Å². The number of nitrogens with one attached hydrogen (secondary N) is 2. The van der Waals surface area contributed by atoms with Crippen LogP contribution in [0.4, 0.5) is 0 Å². The largest absolute Gasteiger partial charge is 0.481 e. The number of carbonyl (C=O) groups excluding carboxylic acids is 1. The highest BCUT2D eigenvalue weighted by atomic mass is 16.4. The first-order chi connectivity index (χ1) is 7.94. The van der Waals surface area contributed by atoms with Crippen molar-refractivity contribution in [2.24, 2.45) is 17.3 Å². The molecule has 2 rings (SSSR count). The normalized spacial score (nSPS) is 25.3. The summed E-state index contributed by atoms with van der Waals surface area (Å²) in [5.41, 5.74) is 0.341. The van der Waals surface area contributed by atoms with Gasteiger partial charge in [0.05, 0.1) is 24.1 Å². The maximum atomic E-state index is 11.8. The number of aromatic amines is 1. The van der Waals surface area contributed by atoms with Crippen molar-refractivity contribution in [2.45, 2.75) is 20.4 Å². The number of aromatic nitrogens is 2. The summed E-state index contributed by atoms with van der Waals surface area (Å²) in [6, 6.07) is 1.76. The highest BCUT2D eigenvalue weighted by molar-refractivity contribution is 5.91. The number of rotatable bonds is 4. The van der Waals surface area contributed by atoms with E-state index in [9.17, 15) is 9.59 Å². The van der Waals surface area contributed by atoms with Crippen LogP contribution in [0.1, 0.15) is 19.5 Å². The summed E-state index contributed by atoms with van der Waals surface area (Å²) in [5.74, 6) is -2.14. The number of carboxylic acid groups (broad SMARTS) is 1. The van der Waals surface area contributed by atoms with Crippen LogP contribution in [0.2, 0.25) is 0 Å². The molecule has 6 heteroatoms. The third-order valence-corrected chi connectivity index (χ3v) is 3.39. The Labute approximate surface area is 98.4 Å². The first kappa shape index (κ1) is 11.6. The minimum atomic E-state index is -0.906. The minimum absolute atomic E-state index is 0.211. The fraction of sp³-hybridized carbons (Fsp3) is 0.545. The number of carbonyl (C=O) groups is 2. The lowest BCUT2D eigenvalue weighted by molar-refractivity contribution is -0.140. The highest BCUT2D eigenvalue weighted by Crippen LogP contribution is 2.58. The van der Waals surface area contributed by atoms with Crippen molar-refractivity contribution >= 4 is 11.9 Å². The zero-order valence-electron chi connectivity index (χ0n) is 9.73. The average molecular weight is 237 g/mol. The van der Waals surface area contributed by atoms with E-state index in [0.717, 1.165) is 5.69 Å². The van der Waals surface area contributed by atoms with E-state index in [1.54, 1.807) is 26.1 Å². The molecular formula is C11H15N3O3. The van der Waals surface area contributed by atoms with Crippen LogP contribution in [0, 0.1) is 17.3 Å². The molecule has 17 heavy (non-hydrogen) atoms. The Bertz CT molecular complexity index is 439. The van der Waals surface area contributed by atoms with E-state index in [2.05, 4.69) is 15.5 Å². The van der Waals surface area contributed by atoms with E-state index < -0.39 is 23.2 Å². The molecule has 3 N–H and O–H groups in total. The van der Waals surface area contributed by atoms with E-state index in [1.165, 1.54) is 0 Å². The van der Waals surface area contributed by atoms with Crippen LogP contribution in [0.25, 0.3) is 0 Å². The predicted molar refractivity (Wildman–Crippen MR) is 58.8 cm³/mol. The molecule has 1 fully saturated rings. The number of aliphatic carboxylic acids is 1. The van der Waals surface area contributed by atoms with Gasteiger partial charge in [0, 0.05) is 6.20 Å². The molecular weight excluding hydrogens is 222 g/mol. The molecule has 1 aromatic heterocycles. The van der Waals surface area contributed by atoms with E-state index in [-0.39, 0.29) is 5.91 Å². The molecule has 0 saturated heterocycles. The number of nitrogens with zero attached hydrogens (tertiary/aromatic N) is 1. The Morgan fingerprint density at radius 3 is 2.71 bits per heavy atom. The van der Waals surface area contributed by atoms with Gasteiger partial charge in [-0.1, -0.05) is 13.8 Å². The van der Waals surface area contributed by atoms with Crippen molar-refractivity contribution in [3.8, 4) is 0 Å². The predicted octanol–water partition coefficient (Wildman–Crippen LogP) is 0.383. The van der Waals surface area contributed by atoms with E-state index in [0.29, 0.717) is 6.54 Å². The molecule has 1 aliphatic rings. The maximum Gasteiger partial charge on any atom is 0.307 e. The average Bonchev–Trinajstić information content (AvgIpc) is 2.65. The lowest BCUT2D eigenvalue weighted by atomic mass is 10.1. The zero-order chi connectivity index (χ0) is 12.6. The van der Waals surface area contributed by atoms with Gasteiger partial charge in [-0.25, -0.2) is 0 Å². The molecule has 0 bridgehead atoms. The zero-order valence-corrected chi connectivity index (χ0v) is 9.73. The second kappa shape index (κ2) is 3.87. The lowest BCUT2D eigenvalue weighted by Gasteiger charge is -2.04. The van der Waals surface area contributed by atoms with E-state index in [1.807, 2.05) is 0 Å². The molecule has 2 atom stereocenters. The number of carboxylic acids is 1. The molecule has 1 amide bonds. The van der Waals surface area contributed by atoms with Crippen LogP contribution in [0.15, 0.2) is 12.3 Å². The third-order valence-electron chi connectivity index (χ3n) is 3.39. The van der Waals surface area contributed by atoms with Crippen molar-refractivity contribution in [3.05, 3.63) is 18.0 Å². The Balaban J connectivity index is 1.92. The first-order valence-electron chi connectivity index (χ1n) is 5.43. The van der Waals surface area contributed by atoms with Crippen molar-refractivity contribution in [1.29, 1.82) is 0 Å². The summed E-state index contributed by atoms with van der Waals surface area (Å²) >= 11 is 0. The number of H-pyrrole nitrogens is 1. The second-order valence-corrected chi connectivity index (χ2v) is 4.91. The van der Waals surface area contributed by atoms with Crippen LogP contribution in [-0.4, -0.2) is 27.2 Å². The molecule has 1 aromatic rings. The van der Waals surface area contributed by atoms with E-state index >= 15 is 0 Å². The van der Waals surface area contributed by atoms with Gasteiger partial charge in [0.15, 0.2) is 0 Å². The summed E-state index contributed by atoms with van der Waals surface area (Å²) in [7, 11) is 0. The Kier molecular flexibility index (Phi) is 2.65. The maximum absolute atomic E-state index is 11.8. The summed E-state index contributed by atoms with van der Waals surface area (Å²) < 4.78 is 0. The van der Waals surface area contributed by atoms with Crippen molar-refractivity contribution in [2.75, 3.05) is 0 Å². The smallest absolute Gasteiger partial charge is 0.307 e. The summed E-state index contributed by atoms with van der Waals surface area (Å²) in [5, 5.41) is 18.2.